The minimum Gasteiger partial charge on any atom is -0.497 e. The van der Waals surface area contributed by atoms with Gasteiger partial charge in [-0.05, 0) is 55.5 Å². The number of benzene rings is 3. The van der Waals surface area contributed by atoms with Crippen molar-refractivity contribution in [3.05, 3.63) is 89.5 Å². The number of hydrogen-bond acceptors (Lipinski definition) is 3. The summed E-state index contributed by atoms with van der Waals surface area (Å²) in [4.78, 5) is 24.7. The van der Waals surface area contributed by atoms with Gasteiger partial charge < -0.3 is 15.4 Å². The second-order valence-electron chi connectivity index (χ2n) is 6.09. The molecule has 0 atom stereocenters. The lowest BCUT2D eigenvalue weighted by atomic mass is 10.1. The van der Waals surface area contributed by atoms with E-state index >= 15 is 0 Å². The first-order valence-electron chi connectivity index (χ1n) is 8.48. The normalized spacial score (nSPS) is 10.1. The first-order chi connectivity index (χ1) is 13.0. The summed E-state index contributed by atoms with van der Waals surface area (Å²) in [5.41, 5.74) is 3.38. The van der Waals surface area contributed by atoms with Gasteiger partial charge in [-0.2, -0.15) is 0 Å². The van der Waals surface area contributed by atoms with Gasteiger partial charge in [0.15, 0.2) is 0 Å². The molecule has 0 aromatic heterocycles. The number of rotatable bonds is 5. The minimum atomic E-state index is -0.236. The number of ether oxygens (including phenoxy) is 1. The van der Waals surface area contributed by atoms with Gasteiger partial charge >= 0.3 is 0 Å². The van der Waals surface area contributed by atoms with E-state index in [0.717, 1.165) is 5.56 Å². The molecule has 5 heteroatoms. The number of amides is 2. The van der Waals surface area contributed by atoms with Crippen LogP contribution in [0.25, 0.3) is 0 Å². The molecule has 0 heterocycles. The van der Waals surface area contributed by atoms with E-state index in [4.69, 9.17) is 4.74 Å². The molecule has 0 radical (unpaired) electrons. The third kappa shape index (κ3) is 4.73. The van der Waals surface area contributed by atoms with Gasteiger partial charge in [0.2, 0.25) is 0 Å². The van der Waals surface area contributed by atoms with E-state index in [-0.39, 0.29) is 11.8 Å². The topological polar surface area (TPSA) is 67.4 Å². The number of methoxy groups -OCH3 is 1. The first-order valence-corrected chi connectivity index (χ1v) is 8.48. The summed E-state index contributed by atoms with van der Waals surface area (Å²) >= 11 is 0. The van der Waals surface area contributed by atoms with Crippen LogP contribution in [-0.2, 0) is 0 Å². The van der Waals surface area contributed by atoms with Gasteiger partial charge in [0, 0.05) is 28.6 Å². The molecule has 0 aliphatic heterocycles. The fourth-order valence-corrected chi connectivity index (χ4v) is 2.60. The fourth-order valence-electron chi connectivity index (χ4n) is 2.60. The van der Waals surface area contributed by atoms with E-state index in [1.54, 1.807) is 61.7 Å². The largest absolute Gasteiger partial charge is 0.497 e. The molecule has 27 heavy (non-hydrogen) atoms. The second-order valence-corrected chi connectivity index (χ2v) is 6.09. The van der Waals surface area contributed by atoms with Crippen LogP contribution < -0.4 is 15.4 Å². The Labute approximate surface area is 158 Å². The molecule has 0 aliphatic rings. The Morgan fingerprint density at radius 3 is 2.11 bits per heavy atom. The zero-order valence-electron chi connectivity index (χ0n) is 15.2. The molecule has 0 saturated heterocycles. The molecule has 0 saturated carbocycles. The standard InChI is InChI=1S/C22H20N2O3/c1-15-5-3-6-17(13-15)22(26)23-18-11-9-16(10-12-18)21(25)24-19-7-4-8-20(14-19)27-2/h3-14H,1-2H3,(H,23,26)(H,24,25). The van der Waals surface area contributed by atoms with Crippen molar-refractivity contribution in [1.82, 2.24) is 0 Å². The van der Waals surface area contributed by atoms with Crippen LogP contribution in [0.3, 0.4) is 0 Å². The van der Waals surface area contributed by atoms with Crippen LogP contribution >= 0.6 is 0 Å². The molecular weight excluding hydrogens is 340 g/mol. The highest BCUT2D eigenvalue weighted by Crippen LogP contribution is 2.18. The Kier molecular flexibility index (Phi) is 5.52. The first kappa shape index (κ1) is 18.2. The Morgan fingerprint density at radius 2 is 1.41 bits per heavy atom. The predicted molar refractivity (Wildman–Crippen MR) is 107 cm³/mol. The predicted octanol–water partition coefficient (Wildman–Crippen LogP) is 4.51. The summed E-state index contributed by atoms with van der Waals surface area (Å²) < 4.78 is 5.15. The van der Waals surface area contributed by atoms with Crippen molar-refractivity contribution in [2.75, 3.05) is 17.7 Å². The zero-order valence-corrected chi connectivity index (χ0v) is 15.2. The maximum atomic E-state index is 12.4. The van der Waals surface area contributed by atoms with Gasteiger partial charge in [-0.25, -0.2) is 0 Å². The average Bonchev–Trinajstić information content (AvgIpc) is 2.68. The van der Waals surface area contributed by atoms with Crippen molar-refractivity contribution >= 4 is 23.2 Å². The smallest absolute Gasteiger partial charge is 0.255 e. The molecule has 0 spiro atoms. The number of nitrogens with one attached hydrogen (secondary N) is 2. The van der Waals surface area contributed by atoms with Crippen molar-refractivity contribution in [3.8, 4) is 5.75 Å². The van der Waals surface area contributed by atoms with E-state index in [2.05, 4.69) is 10.6 Å². The second kappa shape index (κ2) is 8.19. The summed E-state index contributed by atoms with van der Waals surface area (Å²) in [5, 5.41) is 5.65. The van der Waals surface area contributed by atoms with Crippen LogP contribution in [-0.4, -0.2) is 18.9 Å². The quantitative estimate of drug-likeness (QED) is 0.703. The maximum Gasteiger partial charge on any atom is 0.255 e. The molecule has 2 amide bonds. The number of carbonyl (C=O) groups excluding carboxylic acids is 2. The molecule has 3 aromatic carbocycles. The zero-order chi connectivity index (χ0) is 19.2. The van der Waals surface area contributed by atoms with Crippen LogP contribution in [0.2, 0.25) is 0 Å². The lowest BCUT2D eigenvalue weighted by Gasteiger charge is -2.09. The average molecular weight is 360 g/mol. The number of anilines is 2. The highest BCUT2D eigenvalue weighted by molar-refractivity contribution is 6.06. The van der Waals surface area contributed by atoms with Crippen LogP contribution in [0.1, 0.15) is 26.3 Å². The molecule has 0 aliphatic carbocycles. The van der Waals surface area contributed by atoms with E-state index in [1.807, 2.05) is 25.1 Å². The van der Waals surface area contributed by atoms with Crippen LogP contribution in [0.15, 0.2) is 72.8 Å². The van der Waals surface area contributed by atoms with E-state index in [0.29, 0.717) is 28.3 Å². The monoisotopic (exact) mass is 360 g/mol. The van der Waals surface area contributed by atoms with E-state index < -0.39 is 0 Å². The molecule has 0 bridgehead atoms. The van der Waals surface area contributed by atoms with Crippen molar-refractivity contribution in [2.24, 2.45) is 0 Å². The van der Waals surface area contributed by atoms with Gasteiger partial charge in [-0.1, -0.05) is 23.8 Å². The highest BCUT2D eigenvalue weighted by atomic mass is 16.5. The SMILES string of the molecule is COc1cccc(NC(=O)c2ccc(NC(=O)c3cccc(C)c3)cc2)c1. The Balaban J connectivity index is 1.65. The lowest BCUT2D eigenvalue weighted by Crippen LogP contribution is -2.13. The van der Waals surface area contributed by atoms with Gasteiger partial charge in [-0.3, -0.25) is 9.59 Å². The molecule has 0 fully saturated rings. The maximum absolute atomic E-state index is 12.4. The molecule has 3 rings (SSSR count). The molecule has 2 N–H and O–H groups in total. The third-order valence-corrected chi connectivity index (χ3v) is 4.01. The molecule has 3 aromatic rings. The summed E-state index contributed by atoms with van der Waals surface area (Å²) in [6.07, 6.45) is 0. The summed E-state index contributed by atoms with van der Waals surface area (Å²) in [6.45, 7) is 1.94. The van der Waals surface area contributed by atoms with Crippen molar-refractivity contribution < 1.29 is 14.3 Å². The van der Waals surface area contributed by atoms with E-state index in [1.165, 1.54) is 0 Å². The summed E-state index contributed by atoms with van der Waals surface area (Å²) in [6, 6.07) is 21.3. The van der Waals surface area contributed by atoms with Gasteiger partial charge in [0.05, 0.1) is 7.11 Å². The van der Waals surface area contributed by atoms with Crippen LogP contribution in [0.5, 0.6) is 5.75 Å². The number of carbonyl (C=O) groups is 2. The van der Waals surface area contributed by atoms with Crippen molar-refractivity contribution in [2.45, 2.75) is 6.92 Å². The molecule has 5 nitrogen and oxygen atoms in total. The minimum absolute atomic E-state index is 0.188. The van der Waals surface area contributed by atoms with E-state index in [9.17, 15) is 9.59 Å². The van der Waals surface area contributed by atoms with Gasteiger partial charge in [-0.15, -0.1) is 0 Å². The van der Waals surface area contributed by atoms with Gasteiger partial charge in [0.1, 0.15) is 5.75 Å². The third-order valence-electron chi connectivity index (χ3n) is 4.01. The van der Waals surface area contributed by atoms with Crippen LogP contribution in [0, 0.1) is 6.92 Å². The molecular formula is C22H20N2O3. The highest BCUT2D eigenvalue weighted by Gasteiger charge is 2.09. The Morgan fingerprint density at radius 1 is 0.741 bits per heavy atom. The van der Waals surface area contributed by atoms with Crippen molar-refractivity contribution in [3.63, 3.8) is 0 Å². The van der Waals surface area contributed by atoms with Crippen molar-refractivity contribution in [1.29, 1.82) is 0 Å². The van der Waals surface area contributed by atoms with Gasteiger partial charge in [0.25, 0.3) is 11.8 Å². The molecule has 136 valence electrons. The summed E-state index contributed by atoms with van der Waals surface area (Å²) in [5.74, 6) is 0.245. The Hall–Kier alpha value is -3.60. The van der Waals surface area contributed by atoms with Crippen LogP contribution in [0.4, 0.5) is 11.4 Å². The number of aryl methyl sites for hydroxylation is 1. The number of hydrogen-bond donors (Lipinski definition) is 2. The summed E-state index contributed by atoms with van der Waals surface area (Å²) in [7, 11) is 1.57. The lowest BCUT2D eigenvalue weighted by molar-refractivity contribution is 0.102. The molecule has 0 unspecified atom stereocenters. The Bertz CT molecular complexity index is 965. The fraction of sp³-hybridized carbons (Fsp3) is 0.0909.